The number of ether oxygens (including phenoxy) is 1. The Morgan fingerprint density at radius 3 is 2.81 bits per heavy atom. The van der Waals surface area contributed by atoms with Crippen LogP contribution >= 0.6 is 0 Å². The first-order valence-corrected chi connectivity index (χ1v) is 11.0. The molecular weight excluding hydrogens is 386 g/mol. The molecule has 3 aromatic rings. The summed E-state index contributed by atoms with van der Waals surface area (Å²) >= 11 is 0. The first-order valence-electron chi connectivity index (χ1n) is 11.0. The Morgan fingerprint density at radius 2 is 1.97 bits per heavy atom. The lowest BCUT2D eigenvalue weighted by Crippen LogP contribution is -2.31. The number of nitrogen functional groups attached to an aromatic ring is 1. The van der Waals surface area contributed by atoms with E-state index in [9.17, 15) is 0 Å². The lowest BCUT2D eigenvalue weighted by atomic mass is 9.76. The SMILES string of the molecule is Cc1ncc(-c2ccc3c(c2)CN(c2ncnc4c2CC(C)(C)CC4)CCO3)cc1N. The second kappa shape index (κ2) is 7.52. The molecule has 160 valence electrons. The molecule has 0 fully saturated rings. The number of hydrogen-bond acceptors (Lipinski definition) is 6. The van der Waals surface area contributed by atoms with Crippen LogP contribution in [0.5, 0.6) is 5.75 Å². The molecule has 1 aliphatic carbocycles. The highest BCUT2D eigenvalue weighted by Gasteiger charge is 2.30. The normalized spacial score (nSPS) is 17.3. The van der Waals surface area contributed by atoms with Crippen molar-refractivity contribution in [3.05, 3.63) is 59.3 Å². The van der Waals surface area contributed by atoms with Crippen molar-refractivity contribution in [1.82, 2.24) is 15.0 Å². The van der Waals surface area contributed by atoms with Gasteiger partial charge in [-0.2, -0.15) is 0 Å². The molecule has 31 heavy (non-hydrogen) atoms. The second-order valence-electron chi connectivity index (χ2n) is 9.45. The quantitative estimate of drug-likeness (QED) is 0.671. The predicted octanol–water partition coefficient (Wildman–Crippen LogP) is 4.34. The molecule has 2 N–H and O–H groups in total. The number of pyridine rings is 1. The summed E-state index contributed by atoms with van der Waals surface area (Å²) in [6, 6.07) is 8.32. The van der Waals surface area contributed by atoms with Gasteiger partial charge in [-0.25, -0.2) is 9.97 Å². The van der Waals surface area contributed by atoms with E-state index in [1.807, 2.05) is 19.2 Å². The van der Waals surface area contributed by atoms with Crippen LogP contribution in [-0.2, 0) is 19.4 Å². The Kier molecular flexibility index (Phi) is 4.80. The van der Waals surface area contributed by atoms with E-state index in [4.69, 9.17) is 15.5 Å². The first-order chi connectivity index (χ1) is 14.9. The third kappa shape index (κ3) is 3.82. The Balaban J connectivity index is 1.50. The molecule has 0 radical (unpaired) electrons. The minimum Gasteiger partial charge on any atom is -0.491 e. The summed E-state index contributed by atoms with van der Waals surface area (Å²) in [5, 5.41) is 0. The van der Waals surface area contributed by atoms with Gasteiger partial charge in [0.1, 0.15) is 24.5 Å². The Hall–Kier alpha value is -3.15. The molecule has 6 nitrogen and oxygen atoms in total. The lowest BCUT2D eigenvalue weighted by molar-refractivity contribution is 0.310. The van der Waals surface area contributed by atoms with Crippen LogP contribution in [0, 0.1) is 12.3 Å². The highest BCUT2D eigenvalue weighted by Crippen LogP contribution is 2.38. The molecule has 6 heteroatoms. The number of benzene rings is 1. The van der Waals surface area contributed by atoms with Gasteiger partial charge >= 0.3 is 0 Å². The molecule has 5 rings (SSSR count). The van der Waals surface area contributed by atoms with Crippen molar-refractivity contribution in [2.24, 2.45) is 5.41 Å². The maximum atomic E-state index is 6.10. The van der Waals surface area contributed by atoms with Crippen molar-refractivity contribution >= 4 is 11.5 Å². The average Bonchev–Trinajstić information content (AvgIpc) is 2.96. The molecule has 0 amide bonds. The monoisotopic (exact) mass is 415 g/mol. The number of nitrogens with zero attached hydrogens (tertiary/aromatic N) is 4. The van der Waals surface area contributed by atoms with Crippen LogP contribution in [0.25, 0.3) is 11.1 Å². The van der Waals surface area contributed by atoms with Gasteiger partial charge in [0.05, 0.1) is 17.9 Å². The third-order valence-corrected chi connectivity index (χ3v) is 6.51. The van der Waals surface area contributed by atoms with Crippen molar-refractivity contribution in [2.45, 2.75) is 46.6 Å². The highest BCUT2D eigenvalue weighted by molar-refractivity contribution is 5.69. The summed E-state index contributed by atoms with van der Waals surface area (Å²) in [5.74, 6) is 1.99. The zero-order valence-electron chi connectivity index (χ0n) is 18.5. The van der Waals surface area contributed by atoms with E-state index in [-0.39, 0.29) is 5.41 Å². The van der Waals surface area contributed by atoms with E-state index in [1.165, 1.54) is 17.7 Å². The van der Waals surface area contributed by atoms with Crippen LogP contribution in [0.3, 0.4) is 0 Å². The molecule has 0 bridgehead atoms. The van der Waals surface area contributed by atoms with Gasteiger partial charge < -0.3 is 15.4 Å². The summed E-state index contributed by atoms with van der Waals surface area (Å²) in [4.78, 5) is 16.1. The first kappa shape index (κ1) is 19.8. The van der Waals surface area contributed by atoms with Crippen LogP contribution in [0.4, 0.5) is 11.5 Å². The molecule has 1 aliphatic heterocycles. The third-order valence-electron chi connectivity index (χ3n) is 6.51. The van der Waals surface area contributed by atoms with Crippen LogP contribution < -0.4 is 15.4 Å². The Bertz CT molecular complexity index is 1140. The van der Waals surface area contributed by atoms with E-state index in [0.717, 1.165) is 59.9 Å². The average molecular weight is 416 g/mol. The zero-order chi connectivity index (χ0) is 21.6. The van der Waals surface area contributed by atoms with Crippen LogP contribution in [0.1, 0.15) is 42.8 Å². The van der Waals surface area contributed by atoms with Gasteiger partial charge in [0, 0.05) is 35.1 Å². The second-order valence-corrected chi connectivity index (χ2v) is 9.45. The highest BCUT2D eigenvalue weighted by atomic mass is 16.5. The molecule has 0 saturated heterocycles. The number of aromatic nitrogens is 3. The summed E-state index contributed by atoms with van der Waals surface area (Å²) < 4.78 is 6.09. The van der Waals surface area contributed by atoms with E-state index < -0.39 is 0 Å². The van der Waals surface area contributed by atoms with Gasteiger partial charge in [0.25, 0.3) is 0 Å². The molecule has 0 unspecified atom stereocenters. The van der Waals surface area contributed by atoms with Gasteiger partial charge in [-0.05, 0) is 55.4 Å². The number of nitrogens with two attached hydrogens (primary N) is 1. The number of rotatable bonds is 2. The molecular formula is C25H29N5O. The van der Waals surface area contributed by atoms with Gasteiger partial charge in [0.2, 0.25) is 0 Å². The predicted molar refractivity (Wildman–Crippen MR) is 123 cm³/mol. The lowest BCUT2D eigenvalue weighted by Gasteiger charge is -2.33. The zero-order valence-corrected chi connectivity index (χ0v) is 18.5. The summed E-state index contributed by atoms with van der Waals surface area (Å²) in [6.07, 6.45) is 6.79. The van der Waals surface area contributed by atoms with Gasteiger partial charge in [0.15, 0.2) is 0 Å². The minimum atomic E-state index is 0.276. The molecule has 2 aromatic heterocycles. The molecule has 3 heterocycles. The van der Waals surface area contributed by atoms with Gasteiger partial charge in [-0.15, -0.1) is 0 Å². The van der Waals surface area contributed by atoms with Crippen molar-refractivity contribution in [1.29, 1.82) is 0 Å². The van der Waals surface area contributed by atoms with Gasteiger partial charge in [-0.1, -0.05) is 19.9 Å². The number of anilines is 2. The van der Waals surface area contributed by atoms with Crippen LogP contribution in [-0.4, -0.2) is 28.1 Å². The van der Waals surface area contributed by atoms with Crippen molar-refractivity contribution in [3.8, 4) is 16.9 Å². The number of hydrogen-bond donors (Lipinski definition) is 1. The van der Waals surface area contributed by atoms with Crippen LogP contribution in [0.2, 0.25) is 0 Å². The number of aryl methyl sites for hydroxylation is 2. The molecule has 2 aliphatic rings. The molecule has 0 saturated carbocycles. The van der Waals surface area contributed by atoms with Crippen molar-refractivity contribution < 1.29 is 4.74 Å². The summed E-state index contributed by atoms with van der Waals surface area (Å²) in [5.41, 5.74) is 13.7. The number of fused-ring (bicyclic) bond motifs is 2. The topological polar surface area (TPSA) is 77.2 Å². The Labute approximate surface area is 183 Å². The largest absolute Gasteiger partial charge is 0.491 e. The van der Waals surface area contributed by atoms with E-state index in [1.54, 1.807) is 6.33 Å². The molecule has 0 atom stereocenters. The fourth-order valence-corrected chi connectivity index (χ4v) is 4.59. The smallest absolute Gasteiger partial charge is 0.135 e. The van der Waals surface area contributed by atoms with E-state index in [0.29, 0.717) is 12.3 Å². The maximum Gasteiger partial charge on any atom is 0.135 e. The van der Waals surface area contributed by atoms with Crippen molar-refractivity contribution in [3.63, 3.8) is 0 Å². The fourth-order valence-electron chi connectivity index (χ4n) is 4.59. The van der Waals surface area contributed by atoms with E-state index >= 15 is 0 Å². The fraction of sp³-hybridized carbons (Fsp3) is 0.400. The minimum absolute atomic E-state index is 0.276. The summed E-state index contributed by atoms with van der Waals surface area (Å²) in [7, 11) is 0. The van der Waals surface area contributed by atoms with E-state index in [2.05, 4.69) is 46.9 Å². The van der Waals surface area contributed by atoms with Gasteiger partial charge in [-0.3, -0.25) is 4.98 Å². The molecule has 1 aromatic carbocycles. The van der Waals surface area contributed by atoms with Crippen molar-refractivity contribution in [2.75, 3.05) is 23.8 Å². The standard InChI is InChI=1S/C25H29N5O/c1-16-21(26)11-18(13-27-16)17-4-5-23-19(10-17)14-30(8-9-31-23)24-20-12-25(2,3)7-6-22(20)28-15-29-24/h4-5,10-11,13,15H,6-9,12,14,26H2,1-3H3. The van der Waals surface area contributed by atoms with Crippen LogP contribution in [0.15, 0.2) is 36.8 Å². The summed E-state index contributed by atoms with van der Waals surface area (Å²) in [6.45, 7) is 8.77. The Morgan fingerprint density at radius 1 is 1.10 bits per heavy atom. The maximum absolute atomic E-state index is 6.10. The molecule has 0 spiro atoms.